The standard InChI is InChI=1S/C6H8F4/c1-2-6(9,10)3-5(8)4-7/h2,5H,1,3-4H2. The van der Waals surface area contributed by atoms with Crippen LogP contribution in [-0.2, 0) is 0 Å². The van der Waals surface area contributed by atoms with Gasteiger partial charge >= 0.3 is 0 Å². The van der Waals surface area contributed by atoms with Gasteiger partial charge in [0, 0.05) is 6.42 Å². The summed E-state index contributed by atoms with van der Waals surface area (Å²) in [5, 5.41) is 0. The predicted octanol–water partition coefficient (Wildman–Crippen LogP) is 2.51. The van der Waals surface area contributed by atoms with Crippen LogP contribution in [-0.4, -0.2) is 18.8 Å². The summed E-state index contributed by atoms with van der Waals surface area (Å²) in [6.07, 6.45) is -2.89. The van der Waals surface area contributed by atoms with Crippen molar-refractivity contribution >= 4 is 0 Å². The van der Waals surface area contributed by atoms with Gasteiger partial charge in [0.2, 0.25) is 0 Å². The van der Waals surface area contributed by atoms with Crippen LogP contribution in [0.15, 0.2) is 12.7 Å². The van der Waals surface area contributed by atoms with Gasteiger partial charge in [0.05, 0.1) is 0 Å². The molecule has 0 aliphatic heterocycles. The van der Waals surface area contributed by atoms with Crippen molar-refractivity contribution in [2.75, 3.05) is 6.67 Å². The van der Waals surface area contributed by atoms with Crippen LogP contribution in [0.4, 0.5) is 17.6 Å². The summed E-state index contributed by atoms with van der Waals surface area (Å²) < 4.78 is 47.4. The van der Waals surface area contributed by atoms with E-state index < -0.39 is 25.2 Å². The minimum Gasteiger partial charge on any atom is -0.248 e. The smallest absolute Gasteiger partial charge is 0.248 e. The van der Waals surface area contributed by atoms with Crippen LogP contribution in [0.2, 0.25) is 0 Å². The molecule has 0 rings (SSSR count). The van der Waals surface area contributed by atoms with Crippen LogP contribution in [0, 0.1) is 0 Å². The molecule has 0 aliphatic carbocycles. The molecule has 4 heteroatoms. The van der Waals surface area contributed by atoms with Gasteiger partial charge in [0.1, 0.15) is 12.8 Å². The van der Waals surface area contributed by atoms with E-state index in [1.807, 2.05) is 0 Å². The zero-order valence-corrected chi connectivity index (χ0v) is 5.29. The Labute approximate surface area is 56.5 Å². The summed E-state index contributed by atoms with van der Waals surface area (Å²) in [7, 11) is 0. The minimum absolute atomic E-state index is 0.315. The molecule has 0 saturated heterocycles. The number of hydrogen-bond donors (Lipinski definition) is 0. The maximum Gasteiger partial charge on any atom is 0.269 e. The van der Waals surface area contributed by atoms with Gasteiger partial charge < -0.3 is 0 Å². The Bertz CT molecular complexity index is 110. The molecule has 0 heterocycles. The van der Waals surface area contributed by atoms with Gasteiger partial charge in [-0.25, -0.2) is 17.6 Å². The van der Waals surface area contributed by atoms with Crippen molar-refractivity contribution in [2.24, 2.45) is 0 Å². The fourth-order valence-corrected chi connectivity index (χ4v) is 0.433. The lowest BCUT2D eigenvalue weighted by Gasteiger charge is -2.11. The molecule has 0 radical (unpaired) electrons. The van der Waals surface area contributed by atoms with Crippen LogP contribution in [0.1, 0.15) is 6.42 Å². The van der Waals surface area contributed by atoms with Crippen molar-refractivity contribution in [3.05, 3.63) is 12.7 Å². The third-order valence-electron chi connectivity index (χ3n) is 0.960. The zero-order chi connectivity index (χ0) is 8.20. The van der Waals surface area contributed by atoms with E-state index >= 15 is 0 Å². The summed E-state index contributed by atoms with van der Waals surface area (Å²) in [5.41, 5.74) is 0. The van der Waals surface area contributed by atoms with Crippen molar-refractivity contribution in [3.63, 3.8) is 0 Å². The van der Waals surface area contributed by atoms with Gasteiger partial charge in [-0.15, -0.1) is 0 Å². The first-order valence-electron chi connectivity index (χ1n) is 2.73. The third-order valence-corrected chi connectivity index (χ3v) is 0.960. The lowest BCUT2D eigenvalue weighted by atomic mass is 10.2. The highest BCUT2D eigenvalue weighted by Gasteiger charge is 2.28. The molecule has 0 bridgehead atoms. The minimum atomic E-state index is -3.29. The van der Waals surface area contributed by atoms with Crippen molar-refractivity contribution in [1.29, 1.82) is 0 Å². The summed E-state index contributed by atoms with van der Waals surface area (Å²) >= 11 is 0. The molecule has 1 atom stereocenters. The summed E-state index contributed by atoms with van der Waals surface area (Å²) in [6, 6.07) is 0. The number of alkyl halides is 4. The second-order valence-corrected chi connectivity index (χ2v) is 1.92. The normalized spacial score (nSPS) is 14.8. The van der Waals surface area contributed by atoms with E-state index in [9.17, 15) is 17.6 Å². The molecule has 0 aromatic heterocycles. The second-order valence-electron chi connectivity index (χ2n) is 1.92. The third kappa shape index (κ3) is 3.48. The fraction of sp³-hybridized carbons (Fsp3) is 0.667. The molecular weight excluding hydrogens is 148 g/mol. The van der Waals surface area contributed by atoms with Crippen LogP contribution in [0.25, 0.3) is 0 Å². The predicted molar refractivity (Wildman–Crippen MR) is 30.6 cm³/mol. The van der Waals surface area contributed by atoms with Crippen molar-refractivity contribution in [2.45, 2.75) is 18.5 Å². The highest BCUT2D eigenvalue weighted by Crippen LogP contribution is 2.22. The molecular formula is C6H8F4. The lowest BCUT2D eigenvalue weighted by Crippen LogP contribution is -2.19. The van der Waals surface area contributed by atoms with Crippen LogP contribution in [0.5, 0.6) is 0 Å². The molecule has 0 amide bonds. The number of halogens is 4. The molecule has 0 aromatic carbocycles. The summed E-state index contributed by atoms with van der Waals surface area (Å²) in [4.78, 5) is 0. The molecule has 0 fully saturated rings. The van der Waals surface area contributed by atoms with Gasteiger partial charge in [-0.05, 0) is 6.08 Å². The molecule has 10 heavy (non-hydrogen) atoms. The van der Waals surface area contributed by atoms with E-state index in [1.165, 1.54) is 0 Å². The molecule has 60 valence electrons. The average molecular weight is 156 g/mol. The van der Waals surface area contributed by atoms with Crippen molar-refractivity contribution < 1.29 is 17.6 Å². The Morgan fingerprint density at radius 3 is 2.30 bits per heavy atom. The lowest BCUT2D eigenvalue weighted by molar-refractivity contribution is 0.0156. The van der Waals surface area contributed by atoms with Gasteiger partial charge in [-0.1, -0.05) is 6.58 Å². The number of hydrogen-bond acceptors (Lipinski definition) is 0. The first kappa shape index (κ1) is 9.46. The van der Waals surface area contributed by atoms with Crippen molar-refractivity contribution in [1.82, 2.24) is 0 Å². The first-order valence-corrected chi connectivity index (χ1v) is 2.73. The Balaban J connectivity index is 3.75. The van der Waals surface area contributed by atoms with Crippen molar-refractivity contribution in [3.8, 4) is 0 Å². The zero-order valence-electron chi connectivity index (χ0n) is 5.29. The Kier molecular flexibility index (Phi) is 3.39. The summed E-state index contributed by atoms with van der Waals surface area (Å²) in [5.74, 6) is -3.29. The van der Waals surface area contributed by atoms with Gasteiger partial charge in [-0.2, -0.15) is 0 Å². The molecule has 1 unspecified atom stereocenters. The molecule has 0 N–H and O–H groups in total. The Morgan fingerprint density at radius 2 is 2.00 bits per heavy atom. The SMILES string of the molecule is C=CC(F)(F)CC(F)CF. The van der Waals surface area contributed by atoms with Gasteiger partial charge in [0.25, 0.3) is 5.92 Å². The average Bonchev–Trinajstić information content (AvgIpc) is 1.87. The largest absolute Gasteiger partial charge is 0.269 e. The topological polar surface area (TPSA) is 0 Å². The highest BCUT2D eigenvalue weighted by atomic mass is 19.3. The van der Waals surface area contributed by atoms with E-state index in [-0.39, 0.29) is 0 Å². The molecule has 0 saturated carbocycles. The first-order chi connectivity index (χ1) is 4.52. The van der Waals surface area contributed by atoms with E-state index in [4.69, 9.17) is 0 Å². The molecule has 0 spiro atoms. The maximum atomic E-state index is 12.1. The molecule has 0 nitrogen and oxygen atoms in total. The summed E-state index contributed by atoms with van der Waals surface area (Å²) in [6.45, 7) is 1.41. The quantitative estimate of drug-likeness (QED) is 0.433. The van der Waals surface area contributed by atoms with E-state index in [0.717, 1.165) is 0 Å². The fourth-order valence-electron chi connectivity index (χ4n) is 0.433. The maximum absolute atomic E-state index is 12.1. The molecule has 0 aliphatic rings. The Morgan fingerprint density at radius 1 is 1.50 bits per heavy atom. The Hall–Kier alpha value is -0.540. The van der Waals surface area contributed by atoms with Gasteiger partial charge in [0.15, 0.2) is 0 Å². The van der Waals surface area contributed by atoms with Crippen LogP contribution < -0.4 is 0 Å². The van der Waals surface area contributed by atoms with E-state index in [0.29, 0.717) is 6.08 Å². The van der Waals surface area contributed by atoms with Gasteiger partial charge in [-0.3, -0.25) is 0 Å². The number of allylic oxidation sites excluding steroid dienone is 1. The second kappa shape index (κ2) is 3.58. The van der Waals surface area contributed by atoms with E-state index in [2.05, 4.69) is 6.58 Å². The molecule has 0 aromatic rings. The monoisotopic (exact) mass is 156 g/mol. The van der Waals surface area contributed by atoms with E-state index in [1.54, 1.807) is 0 Å². The highest BCUT2D eigenvalue weighted by molar-refractivity contribution is 4.88. The number of rotatable bonds is 4. The van der Waals surface area contributed by atoms with Crippen LogP contribution >= 0.6 is 0 Å². The van der Waals surface area contributed by atoms with Crippen LogP contribution in [0.3, 0.4) is 0 Å².